The highest BCUT2D eigenvalue weighted by atomic mass is 19.4. The summed E-state index contributed by atoms with van der Waals surface area (Å²) in [6, 6.07) is 7.67. The Balaban J connectivity index is 1.70. The molecule has 2 unspecified atom stereocenters. The Kier molecular flexibility index (Phi) is 6.12. The average molecular weight is 432 g/mol. The van der Waals surface area contributed by atoms with Gasteiger partial charge in [0.1, 0.15) is 5.69 Å². The number of amides is 1. The van der Waals surface area contributed by atoms with Crippen molar-refractivity contribution in [1.29, 1.82) is 5.26 Å². The van der Waals surface area contributed by atoms with Gasteiger partial charge in [0.2, 0.25) is 0 Å². The SMILES string of the molecule is CC(O)c1cc(C(=O)NCC(C)n2ccc(-c3ccc(C#N)c(C(F)(F)F)c3)n2)n[nH]1. The highest BCUT2D eigenvalue weighted by Gasteiger charge is 2.34. The van der Waals surface area contributed by atoms with E-state index in [4.69, 9.17) is 5.26 Å². The van der Waals surface area contributed by atoms with Gasteiger partial charge in [-0.2, -0.15) is 28.6 Å². The minimum Gasteiger partial charge on any atom is -0.387 e. The Morgan fingerprint density at radius 1 is 1.32 bits per heavy atom. The van der Waals surface area contributed by atoms with Crippen LogP contribution in [0.1, 0.15) is 53.3 Å². The van der Waals surface area contributed by atoms with Gasteiger partial charge < -0.3 is 10.4 Å². The van der Waals surface area contributed by atoms with E-state index in [0.717, 1.165) is 12.1 Å². The van der Waals surface area contributed by atoms with Gasteiger partial charge >= 0.3 is 6.18 Å². The van der Waals surface area contributed by atoms with Crippen LogP contribution in [0.5, 0.6) is 0 Å². The van der Waals surface area contributed by atoms with E-state index in [1.54, 1.807) is 25.3 Å². The van der Waals surface area contributed by atoms with Gasteiger partial charge in [0.15, 0.2) is 0 Å². The maximum Gasteiger partial charge on any atom is 0.417 e. The minimum atomic E-state index is -4.65. The van der Waals surface area contributed by atoms with Gasteiger partial charge in [-0.3, -0.25) is 14.6 Å². The predicted molar refractivity (Wildman–Crippen MR) is 104 cm³/mol. The molecule has 11 heteroatoms. The summed E-state index contributed by atoms with van der Waals surface area (Å²) in [6.07, 6.45) is -3.84. The molecule has 2 atom stereocenters. The molecule has 0 saturated carbocycles. The van der Waals surface area contributed by atoms with Crippen LogP contribution >= 0.6 is 0 Å². The fourth-order valence-corrected chi connectivity index (χ4v) is 2.86. The normalized spacial score (nSPS) is 13.5. The van der Waals surface area contributed by atoms with Crippen molar-refractivity contribution in [1.82, 2.24) is 25.3 Å². The topological polar surface area (TPSA) is 120 Å². The molecule has 3 N–H and O–H groups in total. The zero-order valence-electron chi connectivity index (χ0n) is 16.6. The molecule has 3 rings (SSSR count). The number of carbonyl (C=O) groups excluding carboxylic acids is 1. The second-order valence-corrected chi connectivity index (χ2v) is 6.99. The van der Waals surface area contributed by atoms with E-state index in [1.165, 1.54) is 23.7 Å². The Morgan fingerprint density at radius 2 is 2.06 bits per heavy atom. The number of rotatable bonds is 6. The molecule has 0 aliphatic rings. The van der Waals surface area contributed by atoms with Crippen LogP contribution in [0.2, 0.25) is 0 Å². The van der Waals surface area contributed by atoms with Gasteiger partial charge in [-0.25, -0.2) is 0 Å². The molecule has 0 aliphatic heterocycles. The zero-order valence-corrected chi connectivity index (χ0v) is 16.6. The summed E-state index contributed by atoms with van der Waals surface area (Å²) in [5.41, 5.74) is -0.399. The molecule has 1 aromatic carbocycles. The lowest BCUT2D eigenvalue weighted by atomic mass is 10.0. The van der Waals surface area contributed by atoms with Crippen LogP contribution in [0.3, 0.4) is 0 Å². The van der Waals surface area contributed by atoms with Crippen molar-refractivity contribution in [2.45, 2.75) is 32.2 Å². The first-order chi connectivity index (χ1) is 14.6. The molecule has 0 radical (unpaired) electrons. The first-order valence-corrected chi connectivity index (χ1v) is 9.28. The van der Waals surface area contributed by atoms with Crippen molar-refractivity contribution in [2.24, 2.45) is 0 Å². The predicted octanol–water partition coefficient (Wildman–Crippen LogP) is 3.21. The average Bonchev–Trinajstić information content (AvgIpc) is 3.40. The summed E-state index contributed by atoms with van der Waals surface area (Å²) in [5, 5.41) is 31.8. The third kappa shape index (κ3) is 4.92. The number of hydrogen-bond donors (Lipinski definition) is 3. The molecule has 2 heterocycles. The van der Waals surface area contributed by atoms with E-state index < -0.39 is 29.3 Å². The number of alkyl halides is 3. The fraction of sp³-hybridized carbons (Fsp3) is 0.300. The van der Waals surface area contributed by atoms with Gasteiger partial charge in [-0.15, -0.1) is 0 Å². The van der Waals surface area contributed by atoms with Crippen molar-refractivity contribution in [2.75, 3.05) is 6.54 Å². The van der Waals surface area contributed by atoms with Gasteiger partial charge in [-0.05, 0) is 38.1 Å². The van der Waals surface area contributed by atoms with Crippen LogP contribution in [0.25, 0.3) is 11.3 Å². The Hall–Kier alpha value is -3.65. The molecule has 1 amide bonds. The maximum absolute atomic E-state index is 13.2. The molecule has 0 aliphatic carbocycles. The van der Waals surface area contributed by atoms with Gasteiger partial charge in [0.25, 0.3) is 5.91 Å². The van der Waals surface area contributed by atoms with E-state index in [2.05, 4.69) is 20.6 Å². The van der Waals surface area contributed by atoms with E-state index in [1.807, 2.05) is 0 Å². The summed E-state index contributed by atoms with van der Waals surface area (Å²) in [7, 11) is 0. The summed E-state index contributed by atoms with van der Waals surface area (Å²) in [4.78, 5) is 12.2. The maximum atomic E-state index is 13.2. The minimum absolute atomic E-state index is 0.126. The first-order valence-electron chi connectivity index (χ1n) is 9.28. The van der Waals surface area contributed by atoms with Crippen LogP contribution < -0.4 is 5.32 Å². The quantitative estimate of drug-likeness (QED) is 0.553. The number of nitrogens with one attached hydrogen (secondary N) is 2. The van der Waals surface area contributed by atoms with E-state index in [0.29, 0.717) is 11.4 Å². The number of aromatic amines is 1. The highest BCUT2D eigenvalue weighted by Crippen LogP contribution is 2.34. The van der Waals surface area contributed by atoms with Crippen molar-refractivity contribution in [3.63, 3.8) is 0 Å². The van der Waals surface area contributed by atoms with Gasteiger partial charge in [0, 0.05) is 18.3 Å². The standard InChI is InChI=1S/C20H19F3N6O2/c1-11(10-25-19(31)18-8-17(12(2)30)26-27-18)29-6-5-16(28-29)13-3-4-14(9-24)15(7-13)20(21,22)23/h3-8,11-12,30H,10H2,1-2H3,(H,25,31)(H,26,27). The monoisotopic (exact) mass is 432 g/mol. The number of nitrogens with zero attached hydrogens (tertiary/aromatic N) is 4. The molecule has 0 fully saturated rings. The van der Waals surface area contributed by atoms with Crippen molar-refractivity contribution < 1.29 is 23.1 Å². The van der Waals surface area contributed by atoms with E-state index in [-0.39, 0.29) is 23.8 Å². The Morgan fingerprint density at radius 3 is 2.68 bits per heavy atom. The lowest BCUT2D eigenvalue weighted by Crippen LogP contribution is -2.30. The van der Waals surface area contributed by atoms with Crippen LogP contribution in [-0.4, -0.2) is 37.5 Å². The number of halogens is 3. The number of aromatic nitrogens is 4. The van der Waals surface area contributed by atoms with E-state index in [9.17, 15) is 23.1 Å². The van der Waals surface area contributed by atoms with Crippen LogP contribution in [-0.2, 0) is 6.18 Å². The summed E-state index contributed by atoms with van der Waals surface area (Å²) in [6.45, 7) is 3.51. The van der Waals surface area contributed by atoms with Gasteiger partial charge in [0.05, 0.1) is 40.7 Å². The second-order valence-electron chi connectivity index (χ2n) is 6.99. The number of aliphatic hydroxyl groups is 1. The molecule has 0 spiro atoms. The van der Waals surface area contributed by atoms with Crippen LogP contribution in [0.4, 0.5) is 13.2 Å². The van der Waals surface area contributed by atoms with E-state index >= 15 is 0 Å². The van der Waals surface area contributed by atoms with Crippen LogP contribution in [0, 0.1) is 11.3 Å². The summed E-state index contributed by atoms with van der Waals surface area (Å²) < 4.78 is 41.1. The number of H-pyrrole nitrogens is 1. The third-order valence-corrected chi connectivity index (χ3v) is 4.64. The summed E-state index contributed by atoms with van der Waals surface area (Å²) in [5.74, 6) is -0.440. The molecule has 0 saturated heterocycles. The number of hydrogen-bond acceptors (Lipinski definition) is 5. The molecular weight excluding hydrogens is 413 g/mol. The number of benzene rings is 1. The summed E-state index contributed by atoms with van der Waals surface area (Å²) >= 11 is 0. The lowest BCUT2D eigenvalue weighted by molar-refractivity contribution is -0.137. The van der Waals surface area contributed by atoms with Crippen molar-refractivity contribution in [3.05, 3.63) is 59.0 Å². The van der Waals surface area contributed by atoms with Gasteiger partial charge in [-0.1, -0.05) is 6.07 Å². The molecular formula is C20H19F3N6O2. The number of aliphatic hydroxyl groups excluding tert-OH is 1. The smallest absolute Gasteiger partial charge is 0.387 e. The Labute approximate surface area is 175 Å². The molecule has 2 aromatic heterocycles. The largest absolute Gasteiger partial charge is 0.417 e. The lowest BCUT2D eigenvalue weighted by Gasteiger charge is -2.13. The molecule has 3 aromatic rings. The second kappa shape index (κ2) is 8.61. The number of nitriles is 1. The molecule has 0 bridgehead atoms. The third-order valence-electron chi connectivity index (χ3n) is 4.64. The molecule has 31 heavy (non-hydrogen) atoms. The van der Waals surface area contributed by atoms with Crippen molar-refractivity contribution in [3.8, 4) is 17.3 Å². The molecule has 8 nitrogen and oxygen atoms in total. The molecule has 162 valence electrons. The van der Waals surface area contributed by atoms with Crippen molar-refractivity contribution >= 4 is 5.91 Å². The highest BCUT2D eigenvalue weighted by molar-refractivity contribution is 5.92. The first kappa shape index (κ1) is 22.0. The fourth-order valence-electron chi connectivity index (χ4n) is 2.86. The zero-order chi connectivity index (χ0) is 22.8. The Bertz CT molecular complexity index is 1130. The number of carbonyl (C=O) groups is 1. The van der Waals surface area contributed by atoms with Crippen LogP contribution in [0.15, 0.2) is 36.5 Å².